The molecule has 0 amide bonds. The SMILES string of the molecule is CCc1nc2ccccc2n1-c1ccc2cc(-c3ccccc3-c3ccc(-c4nc(-c5ccccc5)nc(-c5ccc6ccccc6c5)n4)cc3)ccc2c1. The first-order valence-corrected chi connectivity index (χ1v) is 18.7. The third-order valence-electron chi connectivity index (χ3n) is 10.4. The van der Waals surface area contributed by atoms with E-state index in [1.54, 1.807) is 0 Å². The van der Waals surface area contributed by atoms with Gasteiger partial charge in [-0.2, -0.15) is 0 Å². The van der Waals surface area contributed by atoms with E-state index in [0.29, 0.717) is 17.5 Å². The number of para-hydroxylation sites is 2. The first-order chi connectivity index (χ1) is 27.2. The second kappa shape index (κ2) is 13.6. The average molecular weight is 706 g/mol. The van der Waals surface area contributed by atoms with Gasteiger partial charge in [-0.15, -0.1) is 0 Å². The van der Waals surface area contributed by atoms with Gasteiger partial charge in [-0.05, 0) is 80.2 Å². The van der Waals surface area contributed by atoms with Gasteiger partial charge in [0.25, 0.3) is 0 Å². The highest BCUT2D eigenvalue weighted by Gasteiger charge is 2.15. The van der Waals surface area contributed by atoms with E-state index in [9.17, 15) is 0 Å². The van der Waals surface area contributed by atoms with Crippen LogP contribution in [0.2, 0.25) is 0 Å². The van der Waals surface area contributed by atoms with Crippen molar-refractivity contribution in [3.63, 3.8) is 0 Å². The smallest absolute Gasteiger partial charge is 0.164 e. The van der Waals surface area contributed by atoms with Gasteiger partial charge in [-0.1, -0.05) is 153 Å². The van der Waals surface area contributed by atoms with E-state index in [1.807, 2.05) is 36.4 Å². The Morgan fingerprint density at radius 1 is 0.382 bits per heavy atom. The Balaban J connectivity index is 0.999. The predicted molar refractivity (Wildman–Crippen MR) is 226 cm³/mol. The van der Waals surface area contributed by atoms with Crippen molar-refractivity contribution < 1.29 is 0 Å². The van der Waals surface area contributed by atoms with Crippen LogP contribution >= 0.6 is 0 Å². The van der Waals surface area contributed by atoms with E-state index in [-0.39, 0.29) is 0 Å². The number of benzene rings is 8. The standard InChI is InChI=1S/C50H35N5/c1-2-47-51-45-18-10-11-19-46(45)55(47)42-29-28-38-30-40(26-25-39(38)32-42)44-17-9-8-16-43(44)34-21-23-36(24-22-34)49-52-48(35-13-4-3-5-14-35)53-50(54-49)41-27-20-33-12-6-7-15-37(33)31-41/h3-32H,2H2,1H3. The number of aryl methyl sites for hydroxylation is 1. The summed E-state index contributed by atoms with van der Waals surface area (Å²) >= 11 is 0. The summed E-state index contributed by atoms with van der Waals surface area (Å²) in [7, 11) is 0. The van der Waals surface area contributed by atoms with Gasteiger partial charge in [0.15, 0.2) is 17.5 Å². The van der Waals surface area contributed by atoms with Crippen LogP contribution in [0, 0.1) is 0 Å². The van der Waals surface area contributed by atoms with Crippen molar-refractivity contribution in [2.45, 2.75) is 13.3 Å². The minimum Gasteiger partial charge on any atom is -0.296 e. The molecule has 0 aliphatic heterocycles. The fourth-order valence-electron chi connectivity index (χ4n) is 7.61. The molecule has 2 aromatic heterocycles. The summed E-state index contributed by atoms with van der Waals surface area (Å²) in [6.07, 6.45) is 0.861. The van der Waals surface area contributed by atoms with Crippen molar-refractivity contribution in [3.05, 3.63) is 188 Å². The lowest BCUT2D eigenvalue weighted by Crippen LogP contribution is -2.00. The second-order valence-corrected chi connectivity index (χ2v) is 13.8. The summed E-state index contributed by atoms with van der Waals surface area (Å²) in [6, 6.07) is 63.9. The molecule has 2 heterocycles. The fourth-order valence-corrected chi connectivity index (χ4v) is 7.61. The molecule has 0 saturated heterocycles. The van der Waals surface area contributed by atoms with Gasteiger partial charge in [0, 0.05) is 28.8 Å². The molecular formula is C50H35N5. The van der Waals surface area contributed by atoms with E-state index in [4.69, 9.17) is 19.9 Å². The number of hydrogen-bond donors (Lipinski definition) is 0. The Hall–Kier alpha value is -7.24. The van der Waals surface area contributed by atoms with Crippen LogP contribution in [0.5, 0.6) is 0 Å². The van der Waals surface area contributed by atoms with Crippen LogP contribution in [0.25, 0.3) is 94.7 Å². The van der Waals surface area contributed by atoms with Gasteiger partial charge in [-0.3, -0.25) is 4.57 Å². The lowest BCUT2D eigenvalue weighted by atomic mass is 9.93. The quantitative estimate of drug-likeness (QED) is 0.166. The monoisotopic (exact) mass is 705 g/mol. The van der Waals surface area contributed by atoms with Crippen LogP contribution in [0.1, 0.15) is 12.7 Å². The van der Waals surface area contributed by atoms with Crippen LogP contribution < -0.4 is 0 Å². The number of nitrogens with zero attached hydrogens (tertiary/aromatic N) is 5. The van der Waals surface area contributed by atoms with Gasteiger partial charge in [-0.25, -0.2) is 19.9 Å². The van der Waals surface area contributed by atoms with Gasteiger partial charge >= 0.3 is 0 Å². The van der Waals surface area contributed by atoms with Gasteiger partial charge in [0.2, 0.25) is 0 Å². The van der Waals surface area contributed by atoms with Crippen molar-refractivity contribution in [1.82, 2.24) is 24.5 Å². The Morgan fingerprint density at radius 3 is 1.67 bits per heavy atom. The van der Waals surface area contributed by atoms with Gasteiger partial charge in [0.1, 0.15) is 5.82 Å². The van der Waals surface area contributed by atoms with E-state index < -0.39 is 0 Å². The Labute approximate surface area is 319 Å². The third kappa shape index (κ3) is 6.02. The summed E-state index contributed by atoms with van der Waals surface area (Å²) in [4.78, 5) is 19.8. The second-order valence-electron chi connectivity index (χ2n) is 13.8. The summed E-state index contributed by atoms with van der Waals surface area (Å²) in [5.41, 5.74) is 10.8. The van der Waals surface area contributed by atoms with Crippen LogP contribution in [0.3, 0.4) is 0 Å². The maximum Gasteiger partial charge on any atom is 0.164 e. The topological polar surface area (TPSA) is 56.5 Å². The molecule has 0 bridgehead atoms. The molecule has 260 valence electrons. The molecule has 0 aliphatic carbocycles. The zero-order valence-corrected chi connectivity index (χ0v) is 30.3. The highest BCUT2D eigenvalue weighted by Crippen LogP contribution is 2.36. The van der Waals surface area contributed by atoms with Gasteiger partial charge < -0.3 is 0 Å². The molecule has 0 radical (unpaired) electrons. The zero-order valence-electron chi connectivity index (χ0n) is 30.3. The molecule has 10 aromatic rings. The van der Waals surface area contributed by atoms with E-state index in [2.05, 4.69) is 157 Å². The molecule has 10 rings (SSSR count). The Bertz CT molecular complexity index is 3020. The maximum atomic E-state index is 5.02. The summed E-state index contributed by atoms with van der Waals surface area (Å²) in [6.45, 7) is 2.16. The molecule has 0 fully saturated rings. The molecule has 0 unspecified atom stereocenters. The average Bonchev–Trinajstić information content (AvgIpc) is 3.65. The lowest BCUT2D eigenvalue weighted by molar-refractivity contribution is 0.909. The highest BCUT2D eigenvalue weighted by atomic mass is 15.1. The van der Waals surface area contributed by atoms with Crippen molar-refractivity contribution in [3.8, 4) is 62.1 Å². The highest BCUT2D eigenvalue weighted by molar-refractivity contribution is 5.93. The lowest BCUT2D eigenvalue weighted by Gasteiger charge is -2.13. The number of fused-ring (bicyclic) bond motifs is 3. The van der Waals surface area contributed by atoms with Crippen molar-refractivity contribution >= 4 is 32.6 Å². The molecule has 0 saturated carbocycles. The number of hydrogen-bond acceptors (Lipinski definition) is 4. The summed E-state index contributed by atoms with van der Waals surface area (Å²) in [5, 5.41) is 4.72. The van der Waals surface area contributed by atoms with Crippen molar-refractivity contribution in [2.24, 2.45) is 0 Å². The maximum absolute atomic E-state index is 5.02. The fraction of sp³-hybridized carbons (Fsp3) is 0.0400. The molecule has 5 nitrogen and oxygen atoms in total. The molecule has 55 heavy (non-hydrogen) atoms. The van der Waals surface area contributed by atoms with Crippen molar-refractivity contribution in [1.29, 1.82) is 0 Å². The zero-order chi connectivity index (χ0) is 36.7. The first kappa shape index (κ1) is 32.4. The van der Waals surface area contributed by atoms with Crippen LogP contribution in [-0.2, 0) is 6.42 Å². The molecule has 8 aromatic carbocycles. The third-order valence-corrected chi connectivity index (χ3v) is 10.4. The number of rotatable bonds is 7. The van der Waals surface area contributed by atoms with Crippen molar-refractivity contribution in [2.75, 3.05) is 0 Å². The van der Waals surface area contributed by atoms with Crippen LogP contribution in [-0.4, -0.2) is 24.5 Å². The summed E-state index contributed by atoms with van der Waals surface area (Å²) < 4.78 is 2.28. The molecule has 0 aliphatic rings. The van der Waals surface area contributed by atoms with E-state index >= 15 is 0 Å². The van der Waals surface area contributed by atoms with Gasteiger partial charge in [0.05, 0.1) is 11.0 Å². The molecule has 0 spiro atoms. The molecule has 0 N–H and O–H groups in total. The normalized spacial score (nSPS) is 11.4. The van der Waals surface area contributed by atoms with Crippen LogP contribution in [0.15, 0.2) is 182 Å². The molecule has 5 heteroatoms. The first-order valence-electron chi connectivity index (χ1n) is 18.7. The van der Waals surface area contributed by atoms with E-state index in [0.717, 1.165) is 56.6 Å². The number of imidazole rings is 1. The predicted octanol–water partition coefficient (Wildman–Crippen LogP) is 12.4. The largest absolute Gasteiger partial charge is 0.296 e. The Morgan fingerprint density at radius 2 is 0.891 bits per heavy atom. The minimum atomic E-state index is 0.639. The number of aromatic nitrogens is 5. The van der Waals surface area contributed by atoms with Crippen LogP contribution in [0.4, 0.5) is 0 Å². The summed E-state index contributed by atoms with van der Waals surface area (Å²) in [5.74, 6) is 3.00. The van der Waals surface area contributed by atoms with E-state index in [1.165, 1.54) is 32.8 Å². The minimum absolute atomic E-state index is 0.639. The Kier molecular flexibility index (Phi) is 8.03. The molecule has 0 atom stereocenters. The molecular weight excluding hydrogens is 671 g/mol.